The average Bonchev–Trinajstić information content (AvgIpc) is 2.49. The van der Waals surface area contributed by atoms with Gasteiger partial charge in [-0.25, -0.2) is 0 Å². The van der Waals surface area contributed by atoms with Crippen molar-refractivity contribution < 1.29 is 0 Å². The molecule has 0 radical (unpaired) electrons. The summed E-state index contributed by atoms with van der Waals surface area (Å²) in [6, 6.07) is 0. The van der Waals surface area contributed by atoms with Crippen molar-refractivity contribution in [1.82, 2.24) is 8.75 Å². The maximum absolute atomic E-state index is 5.96. The molecule has 5 heteroatoms. The van der Waals surface area contributed by atoms with E-state index in [-0.39, 0.29) is 0 Å². The van der Waals surface area contributed by atoms with Gasteiger partial charge >= 0.3 is 0 Å². The zero-order valence-electron chi connectivity index (χ0n) is 8.46. The first-order chi connectivity index (χ1) is 6.58. The molecule has 0 saturated carbocycles. The van der Waals surface area contributed by atoms with E-state index in [1.807, 2.05) is 0 Å². The van der Waals surface area contributed by atoms with Crippen molar-refractivity contribution in [3.8, 4) is 0 Å². The molecule has 0 unspecified atom stereocenters. The molecule has 14 heavy (non-hydrogen) atoms. The van der Waals surface area contributed by atoms with Crippen LogP contribution in [-0.2, 0) is 0 Å². The Balaban J connectivity index is 2.16. The molecule has 0 bridgehead atoms. The van der Waals surface area contributed by atoms with Crippen molar-refractivity contribution in [1.29, 1.82) is 0 Å². The smallest absolute Gasteiger partial charge is 0.187 e. The standard InChI is InChI=1S/C9H14ClN3S/c1-9(2)4-3-5-13(6-9)8-7(10)11-14-12-8/h3-6H2,1-2H3. The Labute approximate surface area is 93.4 Å². The molecule has 78 valence electrons. The minimum atomic E-state index is 0.366. The first kappa shape index (κ1) is 10.2. The lowest BCUT2D eigenvalue weighted by atomic mass is 9.84. The van der Waals surface area contributed by atoms with Crippen molar-refractivity contribution in [2.75, 3.05) is 18.0 Å². The van der Waals surface area contributed by atoms with Crippen LogP contribution in [0.5, 0.6) is 0 Å². The number of halogens is 1. The summed E-state index contributed by atoms with van der Waals surface area (Å²) in [6.45, 7) is 6.65. The van der Waals surface area contributed by atoms with E-state index < -0.39 is 0 Å². The van der Waals surface area contributed by atoms with Gasteiger partial charge in [-0.05, 0) is 18.3 Å². The summed E-state index contributed by atoms with van der Waals surface area (Å²) in [5.74, 6) is 0.865. The SMILES string of the molecule is CC1(C)CCCN(c2nsnc2Cl)C1. The van der Waals surface area contributed by atoms with Crippen LogP contribution in [0.25, 0.3) is 0 Å². The Morgan fingerprint density at radius 2 is 2.21 bits per heavy atom. The van der Waals surface area contributed by atoms with Gasteiger partial charge in [-0.15, -0.1) is 0 Å². The molecule has 1 aliphatic heterocycles. The third-order valence-electron chi connectivity index (χ3n) is 2.63. The second-order valence-electron chi connectivity index (χ2n) is 4.57. The number of anilines is 1. The molecule has 2 heterocycles. The normalized spacial score (nSPS) is 21.2. The maximum Gasteiger partial charge on any atom is 0.187 e. The van der Waals surface area contributed by atoms with Crippen LogP contribution in [0.2, 0.25) is 5.15 Å². The summed E-state index contributed by atoms with van der Waals surface area (Å²) in [4.78, 5) is 2.25. The lowest BCUT2D eigenvalue weighted by Crippen LogP contribution is -2.40. The molecule has 3 nitrogen and oxygen atoms in total. The summed E-state index contributed by atoms with van der Waals surface area (Å²) in [5, 5.41) is 0.549. The van der Waals surface area contributed by atoms with Crippen LogP contribution < -0.4 is 4.90 Å². The van der Waals surface area contributed by atoms with E-state index in [2.05, 4.69) is 27.5 Å². The molecule has 0 aliphatic carbocycles. The summed E-state index contributed by atoms with van der Waals surface area (Å²) < 4.78 is 8.22. The minimum absolute atomic E-state index is 0.366. The summed E-state index contributed by atoms with van der Waals surface area (Å²) in [6.07, 6.45) is 2.49. The Bertz CT molecular complexity index is 324. The van der Waals surface area contributed by atoms with Gasteiger partial charge in [0, 0.05) is 13.1 Å². The monoisotopic (exact) mass is 231 g/mol. The van der Waals surface area contributed by atoms with Gasteiger partial charge in [0.1, 0.15) is 0 Å². The van der Waals surface area contributed by atoms with E-state index in [1.165, 1.54) is 24.6 Å². The molecule has 2 rings (SSSR count). The maximum atomic E-state index is 5.96. The summed E-state index contributed by atoms with van der Waals surface area (Å²) in [7, 11) is 0. The number of hydrogen-bond donors (Lipinski definition) is 0. The first-order valence-electron chi connectivity index (χ1n) is 4.81. The predicted octanol–water partition coefficient (Wildman–Crippen LogP) is 2.82. The second-order valence-corrected chi connectivity index (χ2v) is 5.45. The van der Waals surface area contributed by atoms with Crippen LogP contribution in [-0.4, -0.2) is 21.8 Å². The topological polar surface area (TPSA) is 29.0 Å². The Morgan fingerprint density at radius 1 is 1.43 bits per heavy atom. The van der Waals surface area contributed by atoms with E-state index in [1.54, 1.807) is 0 Å². The van der Waals surface area contributed by atoms with Crippen LogP contribution in [0.1, 0.15) is 26.7 Å². The number of nitrogens with zero attached hydrogens (tertiary/aromatic N) is 3. The molecule has 0 amide bonds. The number of rotatable bonds is 1. The predicted molar refractivity (Wildman–Crippen MR) is 60.1 cm³/mol. The van der Waals surface area contributed by atoms with Gasteiger partial charge in [-0.3, -0.25) is 0 Å². The van der Waals surface area contributed by atoms with Crippen LogP contribution in [0.15, 0.2) is 0 Å². The van der Waals surface area contributed by atoms with Gasteiger partial charge in [-0.1, -0.05) is 25.4 Å². The lowest BCUT2D eigenvalue weighted by molar-refractivity contribution is 0.292. The van der Waals surface area contributed by atoms with Gasteiger partial charge in [0.2, 0.25) is 0 Å². The van der Waals surface area contributed by atoms with Crippen molar-refractivity contribution in [3.63, 3.8) is 0 Å². The molecule has 1 fully saturated rings. The lowest BCUT2D eigenvalue weighted by Gasteiger charge is -2.38. The average molecular weight is 232 g/mol. The summed E-state index contributed by atoms with van der Waals surface area (Å²) in [5.41, 5.74) is 0.366. The van der Waals surface area contributed by atoms with E-state index in [4.69, 9.17) is 11.6 Å². The highest BCUT2D eigenvalue weighted by atomic mass is 35.5. The molecule has 1 aromatic heterocycles. The molecule has 0 N–H and O–H groups in total. The highest BCUT2D eigenvalue weighted by Crippen LogP contribution is 2.33. The van der Waals surface area contributed by atoms with Gasteiger partial charge in [0.05, 0.1) is 11.7 Å². The largest absolute Gasteiger partial charge is 0.353 e. The molecule has 0 atom stereocenters. The first-order valence-corrected chi connectivity index (χ1v) is 5.92. The fourth-order valence-electron chi connectivity index (χ4n) is 1.97. The number of piperidine rings is 1. The molecular weight excluding hydrogens is 218 g/mol. The van der Waals surface area contributed by atoms with Crippen molar-refractivity contribution in [2.24, 2.45) is 5.41 Å². The van der Waals surface area contributed by atoms with Gasteiger partial charge in [0.15, 0.2) is 11.0 Å². The van der Waals surface area contributed by atoms with Gasteiger partial charge < -0.3 is 4.90 Å². The van der Waals surface area contributed by atoms with Crippen molar-refractivity contribution >= 4 is 29.1 Å². The van der Waals surface area contributed by atoms with Gasteiger partial charge in [0.25, 0.3) is 0 Å². The quantitative estimate of drug-likeness (QED) is 0.744. The zero-order valence-corrected chi connectivity index (χ0v) is 10.0. The molecule has 1 saturated heterocycles. The molecular formula is C9H14ClN3S. The minimum Gasteiger partial charge on any atom is -0.353 e. The Hall–Kier alpha value is -0.350. The molecule has 1 aliphatic rings. The Morgan fingerprint density at radius 3 is 2.79 bits per heavy atom. The highest BCUT2D eigenvalue weighted by Gasteiger charge is 2.28. The van der Waals surface area contributed by atoms with Gasteiger partial charge in [-0.2, -0.15) is 8.75 Å². The fraction of sp³-hybridized carbons (Fsp3) is 0.778. The third-order valence-corrected chi connectivity index (χ3v) is 3.51. The third kappa shape index (κ3) is 2.01. The van der Waals surface area contributed by atoms with Crippen LogP contribution in [0, 0.1) is 5.41 Å². The molecule has 0 spiro atoms. The Kier molecular flexibility index (Phi) is 2.66. The van der Waals surface area contributed by atoms with Crippen molar-refractivity contribution in [3.05, 3.63) is 5.15 Å². The zero-order chi connectivity index (χ0) is 10.2. The van der Waals surface area contributed by atoms with E-state index >= 15 is 0 Å². The molecule has 1 aromatic rings. The van der Waals surface area contributed by atoms with E-state index in [9.17, 15) is 0 Å². The second kappa shape index (κ2) is 3.66. The van der Waals surface area contributed by atoms with E-state index in [0.29, 0.717) is 10.6 Å². The van der Waals surface area contributed by atoms with Crippen LogP contribution in [0.3, 0.4) is 0 Å². The number of aromatic nitrogens is 2. The fourth-order valence-corrected chi connectivity index (χ4v) is 2.74. The molecule has 0 aromatic carbocycles. The van der Waals surface area contributed by atoms with Crippen LogP contribution >= 0.6 is 23.3 Å². The number of hydrogen-bond acceptors (Lipinski definition) is 4. The van der Waals surface area contributed by atoms with E-state index in [0.717, 1.165) is 18.9 Å². The van der Waals surface area contributed by atoms with Crippen molar-refractivity contribution in [2.45, 2.75) is 26.7 Å². The van der Waals surface area contributed by atoms with Crippen LogP contribution in [0.4, 0.5) is 5.82 Å². The summed E-state index contributed by atoms with van der Waals surface area (Å²) >= 11 is 7.15. The highest BCUT2D eigenvalue weighted by molar-refractivity contribution is 6.99.